The molecule has 0 saturated heterocycles. The van der Waals surface area contributed by atoms with Gasteiger partial charge in [-0.2, -0.15) is 8.42 Å². The number of hydrogen-bond acceptors (Lipinski definition) is 3. The highest BCUT2D eigenvalue weighted by atomic mass is 32.2. The lowest BCUT2D eigenvalue weighted by Gasteiger charge is -2.18. The molecule has 0 aliphatic rings. The summed E-state index contributed by atoms with van der Waals surface area (Å²) in [6.45, 7) is 4.41. The van der Waals surface area contributed by atoms with Crippen LogP contribution in [0.15, 0.2) is 0 Å². The van der Waals surface area contributed by atoms with Gasteiger partial charge in [0.15, 0.2) is 0 Å². The molecular formula is C22H46O4S. The van der Waals surface area contributed by atoms with Crippen molar-refractivity contribution in [2.45, 2.75) is 141 Å². The van der Waals surface area contributed by atoms with Crippen molar-refractivity contribution in [2.75, 3.05) is 0 Å². The van der Waals surface area contributed by atoms with Gasteiger partial charge in [0, 0.05) is 0 Å². The minimum absolute atomic E-state index is 0.172. The lowest BCUT2D eigenvalue weighted by molar-refractivity contribution is 0.146. The van der Waals surface area contributed by atoms with Crippen LogP contribution in [0.3, 0.4) is 0 Å². The molecule has 0 aromatic rings. The van der Waals surface area contributed by atoms with E-state index in [9.17, 15) is 18.1 Å². The zero-order valence-corrected chi connectivity index (χ0v) is 18.8. The van der Waals surface area contributed by atoms with Crippen molar-refractivity contribution in [3.8, 4) is 0 Å². The molecule has 0 aromatic heterocycles. The minimum atomic E-state index is -4.07. The molecule has 27 heavy (non-hydrogen) atoms. The van der Waals surface area contributed by atoms with Gasteiger partial charge in [0.1, 0.15) is 0 Å². The highest BCUT2D eigenvalue weighted by Gasteiger charge is 2.25. The highest BCUT2D eigenvalue weighted by Crippen LogP contribution is 2.20. The van der Waals surface area contributed by atoms with Crippen molar-refractivity contribution in [2.24, 2.45) is 0 Å². The van der Waals surface area contributed by atoms with Crippen molar-refractivity contribution >= 4 is 10.1 Å². The Labute approximate surface area is 169 Å². The fourth-order valence-corrected chi connectivity index (χ4v) is 4.58. The van der Waals surface area contributed by atoms with Gasteiger partial charge >= 0.3 is 0 Å². The maximum atomic E-state index is 11.6. The molecule has 0 aliphatic heterocycles. The Morgan fingerprint density at radius 2 is 1.00 bits per heavy atom. The van der Waals surface area contributed by atoms with E-state index in [2.05, 4.69) is 13.8 Å². The van der Waals surface area contributed by atoms with E-state index in [1.165, 1.54) is 64.2 Å². The summed E-state index contributed by atoms with van der Waals surface area (Å²) in [6.07, 6.45) is 18.2. The molecule has 0 fully saturated rings. The van der Waals surface area contributed by atoms with E-state index in [4.69, 9.17) is 0 Å². The molecule has 0 saturated carbocycles. The molecule has 5 heteroatoms. The lowest BCUT2D eigenvalue weighted by Crippen LogP contribution is -2.26. The van der Waals surface area contributed by atoms with E-state index >= 15 is 0 Å². The first-order valence-corrected chi connectivity index (χ1v) is 13.1. The molecule has 0 radical (unpaired) electrons. The largest absolute Gasteiger partial charge is 0.393 e. The van der Waals surface area contributed by atoms with Crippen molar-refractivity contribution in [3.63, 3.8) is 0 Å². The lowest BCUT2D eigenvalue weighted by atomic mass is 10.0. The van der Waals surface area contributed by atoms with Crippen LogP contribution in [0.2, 0.25) is 0 Å². The average Bonchev–Trinajstić information content (AvgIpc) is 2.61. The van der Waals surface area contributed by atoms with Crippen LogP contribution >= 0.6 is 0 Å². The first kappa shape index (κ1) is 26.9. The quantitative estimate of drug-likeness (QED) is 0.175. The molecule has 0 aromatic carbocycles. The second-order valence-corrected chi connectivity index (χ2v) is 9.90. The van der Waals surface area contributed by atoms with Crippen LogP contribution in [-0.4, -0.2) is 29.4 Å². The fraction of sp³-hybridized carbons (Fsp3) is 1.00. The van der Waals surface area contributed by atoms with E-state index in [-0.39, 0.29) is 6.42 Å². The highest BCUT2D eigenvalue weighted by molar-refractivity contribution is 7.86. The molecule has 4 nitrogen and oxygen atoms in total. The fourth-order valence-electron chi connectivity index (χ4n) is 3.65. The number of aliphatic hydroxyl groups is 1. The van der Waals surface area contributed by atoms with Gasteiger partial charge in [-0.3, -0.25) is 4.55 Å². The summed E-state index contributed by atoms with van der Waals surface area (Å²) in [7, 11) is -4.07. The van der Waals surface area contributed by atoms with Crippen LogP contribution in [0, 0.1) is 0 Å². The summed E-state index contributed by atoms with van der Waals surface area (Å²) < 4.78 is 32.7. The second kappa shape index (κ2) is 17.9. The van der Waals surface area contributed by atoms with Crippen LogP contribution in [0.25, 0.3) is 0 Å². The van der Waals surface area contributed by atoms with Gasteiger partial charge < -0.3 is 5.11 Å². The SMILES string of the molecule is CCCCCCCCCCC(O)CC(CCCCCCCCC)S(=O)(=O)O. The number of rotatable bonds is 20. The smallest absolute Gasteiger partial charge is 0.267 e. The predicted octanol–water partition coefficient (Wildman–Crippen LogP) is 6.67. The average molecular weight is 407 g/mol. The Kier molecular flexibility index (Phi) is 17.8. The Hall–Kier alpha value is -0.130. The summed E-state index contributed by atoms with van der Waals surface area (Å²) in [4.78, 5) is 0. The van der Waals surface area contributed by atoms with E-state index in [0.29, 0.717) is 12.8 Å². The standard InChI is InChI=1S/C22H46O4S/c1-3-5-7-9-11-13-14-16-18-21(23)20-22(27(24,25)26)19-17-15-12-10-8-6-4-2/h21-23H,3-20H2,1-2H3,(H,24,25,26). The summed E-state index contributed by atoms with van der Waals surface area (Å²) >= 11 is 0. The minimum Gasteiger partial charge on any atom is -0.393 e. The maximum Gasteiger partial charge on any atom is 0.267 e. The van der Waals surface area contributed by atoms with Gasteiger partial charge in [-0.15, -0.1) is 0 Å². The van der Waals surface area contributed by atoms with Crippen molar-refractivity contribution in [1.29, 1.82) is 0 Å². The van der Waals surface area contributed by atoms with Gasteiger partial charge in [-0.1, -0.05) is 110 Å². The number of aliphatic hydroxyl groups excluding tert-OH is 1. The van der Waals surface area contributed by atoms with Gasteiger partial charge in [0.2, 0.25) is 0 Å². The van der Waals surface area contributed by atoms with Crippen LogP contribution in [-0.2, 0) is 10.1 Å². The molecule has 0 heterocycles. The third kappa shape index (κ3) is 17.7. The molecule has 164 valence electrons. The van der Waals surface area contributed by atoms with Crippen molar-refractivity contribution < 1.29 is 18.1 Å². The van der Waals surface area contributed by atoms with Crippen LogP contribution in [0.1, 0.15) is 129 Å². The monoisotopic (exact) mass is 406 g/mol. The van der Waals surface area contributed by atoms with E-state index in [1.807, 2.05) is 0 Å². The molecule has 2 unspecified atom stereocenters. The topological polar surface area (TPSA) is 74.6 Å². The van der Waals surface area contributed by atoms with E-state index < -0.39 is 21.5 Å². The van der Waals surface area contributed by atoms with Crippen LogP contribution in [0.4, 0.5) is 0 Å². The maximum absolute atomic E-state index is 11.6. The van der Waals surface area contributed by atoms with Gasteiger partial charge in [-0.05, 0) is 19.3 Å². The summed E-state index contributed by atoms with van der Waals surface area (Å²) in [6, 6.07) is 0. The van der Waals surface area contributed by atoms with Gasteiger partial charge in [0.25, 0.3) is 10.1 Å². The molecule has 0 amide bonds. The third-order valence-corrected chi connectivity index (χ3v) is 6.75. The van der Waals surface area contributed by atoms with Crippen molar-refractivity contribution in [3.05, 3.63) is 0 Å². The Morgan fingerprint density at radius 1 is 0.630 bits per heavy atom. The molecule has 0 rings (SSSR count). The predicted molar refractivity (Wildman–Crippen MR) is 116 cm³/mol. The number of hydrogen-bond donors (Lipinski definition) is 2. The number of unbranched alkanes of at least 4 members (excludes halogenated alkanes) is 13. The molecule has 0 aliphatic carbocycles. The summed E-state index contributed by atoms with van der Waals surface area (Å²) in [5.41, 5.74) is 0. The first-order valence-electron chi connectivity index (χ1n) is 11.6. The van der Waals surface area contributed by atoms with Crippen molar-refractivity contribution in [1.82, 2.24) is 0 Å². The normalized spacial score (nSPS) is 14.4. The Balaban J connectivity index is 3.88. The zero-order valence-electron chi connectivity index (χ0n) is 18.0. The molecule has 2 atom stereocenters. The third-order valence-electron chi connectivity index (χ3n) is 5.48. The van der Waals surface area contributed by atoms with E-state index in [0.717, 1.165) is 32.1 Å². The second-order valence-electron chi connectivity index (χ2n) is 8.20. The first-order chi connectivity index (χ1) is 12.9. The van der Waals surface area contributed by atoms with Crippen LogP contribution < -0.4 is 0 Å². The zero-order chi connectivity index (χ0) is 20.4. The van der Waals surface area contributed by atoms with Gasteiger partial charge in [-0.25, -0.2) is 0 Å². The molecule has 0 spiro atoms. The van der Waals surface area contributed by atoms with Gasteiger partial charge in [0.05, 0.1) is 11.4 Å². The summed E-state index contributed by atoms with van der Waals surface area (Å²) in [5.74, 6) is 0. The van der Waals surface area contributed by atoms with Crippen LogP contribution in [0.5, 0.6) is 0 Å². The van der Waals surface area contributed by atoms with E-state index in [1.54, 1.807) is 0 Å². The molecule has 2 N–H and O–H groups in total. The summed E-state index contributed by atoms with van der Waals surface area (Å²) in [5, 5.41) is 9.37. The molecule has 0 bridgehead atoms. The Morgan fingerprint density at radius 3 is 1.41 bits per heavy atom. The molecular weight excluding hydrogens is 360 g/mol. The Bertz CT molecular complexity index is 409.